The van der Waals surface area contributed by atoms with Crippen molar-refractivity contribution in [1.82, 2.24) is 0 Å². The zero-order chi connectivity index (χ0) is 36.0. The van der Waals surface area contributed by atoms with Crippen molar-refractivity contribution in [3.63, 3.8) is 0 Å². The predicted octanol–water partition coefficient (Wildman–Crippen LogP) is 7.53. The zero-order valence-electron chi connectivity index (χ0n) is 28.2. The van der Waals surface area contributed by atoms with Gasteiger partial charge in [0.2, 0.25) is 0 Å². The molecule has 0 spiro atoms. The van der Waals surface area contributed by atoms with Crippen LogP contribution in [0.5, 0.6) is 11.5 Å². The number of hydrogen-bond donors (Lipinski definition) is 3. The lowest BCUT2D eigenvalue weighted by atomic mass is 10.1. The summed E-state index contributed by atoms with van der Waals surface area (Å²) in [4.78, 5) is 47.8. The van der Waals surface area contributed by atoms with Crippen molar-refractivity contribution in [3.8, 4) is 11.5 Å². The maximum atomic E-state index is 12.9. The average Bonchev–Trinajstić information content (AvgIpc) is 3.14. The summed E-state index contributed by atoms with van der Waals surface area (Å²) in [5, 5.41) is 13.5. The van der Waals surface area contributed by atoms with Crippen LogP contribution in [0.15, 0.2) is 92.0 Å². The molecular formula is C39H45N3O8. The first-order valence-corrected chi connectivity index (χ1v) is 16.6. The Balaban J connectivity index is 1.39. The topological polar surface area (TPSA) is 153 Å². The third kappa shape index (κ3) is 14.2. The minimum Gasteiger partial charge on any atom is -0.494 e. The normalized spacial score (nSPS) is 10.3. The monoisotopic (exact) mass is 683 g/mol. The van der Waals surface area contributed by atoms with Crippen molar-refractivity contribution in [2.45, 2.75) is 51.4 Å². The molecule has 0 aliphatic rings. The summed E-state index contributed by atoms with van der Waals surface area (Å²) in [6.45, 7) is 8.56. The number of ether oxygens (including phenoxy) is 4. The Labute approximate surface area is 293 Å². The van der Waals surface area contributed by atoms with E-state index in [-0.39, 0.29) is 11.8 Å². The van der Waals surface area contributed by atoms with Gasteiger partial charge in [-0.2, -0.15) is 0 Å². The fraction of sp³-hybridized carbons (Fsp3) is 0.308. The molecule has 2 amide bonds. The number of unbranched alkanes of at least 4 members (excludes halogenated alkanes) is 6. The van der Waals surface area contributed by atoms with Crippen LogP contribution in [0.25, 0.3) is 0 Å². The molecule has 0 saturated carbocycles. The van der Waals surface area contributed by atoms with E-state index in [1.165, 1.54) is 0 Å². The summed E-state index contributed by atoms with van der Waals surface area (Å²) in [6, 6.07) is 18.5. The van der Waals surface area contributed by atoms with Gasteiger partial charge in [0.15, 0.2) is 0 Å². The lowest BCUT2D eigenvalue weighted by Crippen LogP contribution is -2.15. The van der Waals surface area contributed by atoms with Gasteiger partial charge < -0.3 is 35.0 Å². The van der Waals surface area contributed by atoms with Crippen molar-refractivity contribution in [1.29, 1.82) is 5.41 Å². The highest BCUT2D eigenvalue weighted by atomic mass is 16.5. The van der Waals surface area contributed by atoms with Crippen LogP contribution in [0.3, 0.4) is 0 Å². The first-order chi connectivity index (χ1) is 24.3. The van der Waals surface area contributed by atoms with Crippen molar-refractivity contribution < 1.29 is 38.1 Å². The van der Waals surface area contributed by atoms with Crippen LogP contribution in [-0.2, 0) is 19.1 Å². The van der Waals surface area contributed by atoms with E-state index in [0.29, 0.717) is 66.0 Å². The van der Waals surface area contributed by atoms with Gasteiger partial charge in [-0.1, -0.05) is 13.2 Å². The van der Waals surface area contributed by atoms with Crippen LogP contribution in [0.4, 0.5) is 11.4 Å². The molecule has 0 fully saturated rings. The molecule has 0 saturated heterocycles. The second-order valence-corrected chi connectivity index (χ2v) is 11.2. The number of rotatable bonds is 23. The quantitative estimate of drug-likeness (QED) is 0.0401. The third-order valence-electron chi connectivity index (χ3n) is 7.38. The van der Waals surface area contributed by atoms with E-state index >= 15 is 0 Å². The smallest absolute Gasteiger partial charge is 0.330 e. The molecule has 0 atom stereocenters. The third-order valence-corrected chi connectivity index (χ3v) is 7.38. The van der Waals surface area contributed by atoms with E-state index in [0.717, 1.165) is 69.7 Å². The average molecular weight is 684 g/mol. The Morgan fingerprint density at radius 1 is 0.580 bits per heavy atom. The van der Waals surface area contributed by atoms with Crippen LogP contribution in [-0.4, -0.2) is 56.4 Å². The minimum atomic E-state index is -0.408. The molecule has 0 aliphatic heterocycles. The fourth-order valence-electron chi connectivity index (χ4n) is 4.64. The van der Waals surface area contributed by atoms with Gasteiger partial charge >= 0.3 is 11.9 Å². The van der Waals surface area contributed by atoms with Gasteiger partial charge in [0.1, 0.15) is 11.5 Å². The Morgan fingerprint density at radius 3 is 1.46 bits per heavy atom. The second-order valence-electron chi connectivity index (χ2n) is 11.2. The van der Waals surface area contributed by atoms with Crippen LogP contribution >= 0.6 is 0 Å². The lowest BCUT2D eigenvalue weighted by Gasteiger charge is -2.12. The molecule has 3 aromatic carbocycles. The predicted molar refractivity (Wildman–Crippen MR) is 193 cm³/mol. The Morgan fingerprint density at radius 2 is 1.02 bits per heavy atom. The first-order valence-electron chi connectivity index (χ1n) is 16.6. The van der Waals surface area contributed by atoms with Gasteiger partial charge in [-0.05, 0) is 118 Å². The molecule has 0 radical (unpaired) electrons. The number of amides is 2. The number of carbonyl (C=O) groups is 4. The molecular weight excluding hydrogens is 638 g/mol. The summed E-state index contributed by atoms with van der Waals surface area (Å²) in [6.07, 6.45) is 10.4. The molecule has 3 N–H and O–H groups in total. The van der Waals surface area contributed by atoms with E-state index in [4.69, 9.17) is 24.4 Å². The summed E-state index contributed by atoms with van der Waals surface area (Å²) in [5.41, 5.74) is 2.20. The molecule has 0 aliphatic carbocycles. The van der Waals surface area contributed by atoms with Gasteiger partial charge in [-0.15, -0.1) is 0 Å². The maximum absolute atomic E-state index is 12.9. The van der Waals surface area contributed by atoms with Crippen molar-refractivity contribution in [3.05, 3.63) is 109 Å². The number of nitrogens with one attached hydrogen (secondary N) is 3. The second kappa shape index (κ2) is 22.0. The molecule has 264 valence electrons. The number of esters is 2. The highest BCUT2D eigenvalue weighted by molar-refractivity contribution is 6.08. The Hall–Kier alpha value is -5.71. The van der Waals surface area contributed by atoms with E-state index in [1.807, 2.05) is 0 Å². The summed E-state index contributed by atoms with van der Waals surface area (Å²) in [5.74, 6) is -0.177. The van der Waals surface area contributed by atoms with Crippen molar-refractivity contribution in [2.24, 2.45) is 0 Å². The van der Waals surface area contributed by atoms with Gasteiger partial charge in [0.25, 0.3) is 11.8 Å². The first kappa shape index (κ1) is 38.7. The fourth-order valence-corrected chi connectivity index (χ4v) is 4.64. The van der Waals surface area contributed by atoms with Crippen LogP contribution in [0.1, 0.15) is 77.6 Å². The van der Waals surface area contributed by atoms with Crippen molar-refractivity contribution >= 4 is 41.3 Å². The number of benzene rings is 3. The van der Waals surface area contributed by atoms with E-state index < -0.39 is 11.9 Å². The molecule has 3 rings (SSSR count). The van der Waals surface area contributed by atoms with E-state index in [1.54, 1.807) is 66.7 Å². The standard InChI is InChI=1S/C39H45N3O8/c1-3-36(43)49-25-11-7-5-9-23-47-33-18-13-29(14-19-33)38(45)41-32-17-22-35(31(27-32)28-40)42-39(46)30-15-20-34(21-16-30)48-24-10-6-8-12-26-50-37(44)4-2/h3-4,13-22,27-28,40H,1-2,5-12,23-26H2,(H,41,45)(H,42,46). The highest BCUT2D eigenvalue weighted by Gasteiger charge is 2.12. The van der Waals surface area contributed by atoms with Crippen LogP contribution in [0.2, 0.25) is 0 Å². The molecule has 0 heterocycles. The maximum Gasteiger partial charge on any atom is 0.330 e. The Bertz CT molecular complexity index is 1590. The lowest BCUT2D eigenvalue weighted by molar-refractivity contribution is -0.138. The largest absolute Gasteiger partial charge is 0.494 e. The van der Waals surface area contributed by atoms with E-state index in [2.05, 4.69) is 23.8 Å². The number of hydrogen-bond acceptors (Lipinski definition) is 9. The van der Waals surface area contributed by atoms with Gasteiger partial charge in [0.05, 0.1) is 26.4 Å². The molecule has 3 aromatic rings. The SMILES string of the molecule is C=CC(=O)OCCCCCCOc1ccc(C(=O)Nc2ccc(NC(=O)c3ccc(OCCCCCCOC(=O)C=C)cc3)c(C=N)c2)cc1. The van der Waals surface area contributed by atoms with Crippen molar-refractivity contribution in [2.75, 3.05) is 37.1 Å². The van der Waals surface area contributed by atoms with E-state index in [9.17, 15) is 19.2 Å². The molecule has 50 heavy (non-hydrogen) atoms. The summed E-state index contributed by atoms with van der Waals surface area (Å²) in [7, 11) is 0. The van der Waals surface area contributed by atoms with Gasteiger partial charge in [0, 0.05) is 46.4 Å². The zero-order valence-corrected chi connectivity index (χ0v) is 28.2. The van der Waals surface area contributed by atoms with Gasteiger partial charge in [-0.3, -0.25) is 9.59 Å². The molecule has 0 unspecified atom stereocenters. The summed E-state index contributed by atoms with van der Waals surface area (Å²) < 4.78 is 21.4. The van der Waals surface area contributed by atoms with Crippen LogP contribution in [0, 0.1) is 5.41 Å². The highest BCUT2D eigenvalue weighted by Crippen LogP contribution is 2.22. The molecule has 11 nitrogen and oxygen atoms in total. The summed E-state index contributed by atoms with van der Waals surface area (Å²) >= 11 is 0. The van der Waals surface area contributed by atoms with Gasteiger partial charge in [-0.25, -0.2) is 9.59 Å². The number of anilines is 2. The molecule has 0 aromatic heterocycles. The Kier molecular flexibility index (Phi) is 17.1. The number of carbonyl (C=O) groups excluding carboxylic acids is 4. The molecule has 11 heteroatoms. The van der Waals surface area contributed by atoms with Crippen LogP contribution < -0.4 is 20.1 Å². The minimum absolute atomic E-state index is 0.324. The molecule has 0 bridgehead atoms.